The molecule has 56 heavy (non-hydrogen) atoms. The molecule has 0 bridgehead atoms. The summed E-state index contributed by atoms with van der Waals surface area (Å²) in [4.78, 5) is 51.5. The molecule has 4 aromatic rings. The Bertz CT molecular complexity index is 2200. The maximum atomic E-state index is 12.8. The van der Waals surface area contributed by atoms with Gasteiger partial charge in [-0.3, -0.25) is 14.4 Å². The van der Waals surface area contributed by atoms with Crippen molar-refractivity contribution in [3.8, 4) is 44.9 Å². The van der Waals surface area contributed by atoms with Crippen LogP contribution >= 0.6 is 23.2 Å². The lowest BCUT2D eigenvalue weighted by Gasteiger charge is -2.30. The van der Waals surface area contributed by atoms with Gasteiger partial charge in [0.2, 0.25) is 0 Å². The normalized spacial score (nSPS) is 14.4. The van der Waals surface area contributed by atoms with Crippen LogP contribution in [-0.4, -0.2) is 103 Å². The number of carboxylic acids is 2. The van der Waals surface area contributed by atoms with Crippen LogP contribution in [-0.2, 0) is 19.2 Å². The number of fused-ring (bicyclic) bond motifs is 2. The molecule has 0 spiro atoms. The summed E-state index contributed by atoms with van der Waals surface area (Å²) < 4.78 is 11.6. The first-order valence-corrected chi connectivity index (χ1v) is 18.4. The zero-order valence-electron chi connectivity index (χ0n) is 29.8. The standard InChI is InChI=1S/C40H38Cl2N4O10/c41-37-25(23-7-9-31-33(19-23)55-21-35(49)45(31)15-13-43-29(11-17-47)39(51)52)3-1-5-27(37)28-6-2-4-26(38(28)42)24-8-10-32-34(20-24)56-22-36(50)46(32)16-14-44-30(12-18-48)40(53)54/h1-11,19-20,30,43-44,47-48H,12-18,21-22H2,(H,51,52)(H,53,54)/b29-11+. The molecule has 0 radical (unpaired) electrons. The van der Waals surface area contributed by atoms with E-state index >= 15 is 0 Å². The highest BCUT2D eigenvalue weighted by molar-refractivity contribution is 6.39. The van der Waals surface area contributed by atoms with Gasteiger partial charge < -0.3 is 50.3 Å². The summed E-state index contributed by atoms with van der Waals surface area (Å²) >= 11 is 14.2. The van der Waals surface area contributed by atoms with Crippen molar-refractivity contribution >= 4 is 58.3 Å². The number of halogens is 2. The highest BCUT2D eigenvalue weighted by Gasteiger charge is 2.28. The molecule has 2 heterocycles. The molecule has 0 saturated heterocycles. The van der Waals surface area contributed by atoms with Gasteiger partial charge in [-0.15, -0.1) is 0 Å². The number of amides is 2. The van der Waals surface area contributed by atoms with Gasteiger partial charge in [-0.1, -0.05) is 71.7 Å². The zero-order chi connectivity index (χ0) is 39.9. The summed E-state index contributed by atoms with van der Waals surface area (Å²) in [5.41, 5.74) is 5.06. The molecule has 2 aliphatic heterocycles. The lowest BCUT2D eigenvalue weighted by molar-refractivity contribution is -0.140. The summed E-state index contributed by atoms with van der Waals surface area (Å²) in [7, 11) is 0. The minimum Gasteiger partial charge on any atom is -0.482 e. The van der Waals surface area contributed by atoms with Gasteiger partial charge in [-0.25, -0.2) is 4.79 Å². The Morgan fingerprint density at radius 2 is 1.25 bits per heavy atom. The van der Waals surface area contributed by atoms with Gasteiger partial charge >= 0.3 is 11.9 Å². The third-order valence-electron chi connectivity index (χ3n) is 9.33. The molecule has 0 fully saturated rings. The van der Waals surface area contributed by atoms with Crippen molar-refractivity contribution in [3.63, 3.8) is 0 Å². The van der Waals surface area contributed by atoms with E-state index in [2.05, 4.69) is 10.6 Å². The number of nitrogens with zero attached hydrogens (tertiary/aromatic N) is 2. The fourth-order valence-electron chi connectivity index (χ4n) is 6.58. The van der Waals surface area contributed by atoms with E-state index in [1.807, 2.05) is 48.5 Å². The van der Waals surface area contributed by atoms with Crippen molar-refractivity contribution in [2.45, 2.75) is 12.5 Å². The van der Waals surface area contributed by atoms with Crippen molar-refractivity contribution in [2.24, 2.45) is 0 Å². The predicted molar refractivity (Wildman–Crippen MR) is 210 cm³/mol. The molecule has 1 atom stereocenters. The molecule has 14 nitrogen and oxygen atoms in total. The minimum absolute atomic E-state index is 0.0397. The fraction of sp³-hybridized carbons (Fsp3) is 0.250. The molecule has 0 saturated carbocycles. The van der Waals surface area contributed by atoms with E-state index in [9.17, 15) is 29.4 Å². The van der Waals surface area contributed by atoms with Gasteiger partial charge in [0.1, 0.15) is 23.2 Å². The molecule has 1 unspecified atom stereocenters. The van der Waals surface area contributed by atoms with Gasteiger partial charge in [-0.2, -0.15) is 0 Å². The number of carboxylic acid groups (broad SMARTS) is 2. The second-order valence-electron chi connectivity index (χ2n) is 12.8. The lowest BCUT2D eigenvalue weighted by Crippen LogP contribution is -2.46. The van der Waals surface area contributed by atoms with E-state index in [0.29, 0.717) is 55.2 Å². The predicted octanol–water partition coefficient (Wildman–Crippen LogP) is 4.42. The summed E-state index contributed by atoms with van der Waals surface area (Å²) in [5.74, 6) is -1.96. The molecule has 0 aliphatic carbocycles. The number of rotatable bonds is 16. The van der Waals surface area contributed by atoms with Gasteiger partial charge in [0.25, 0.3) is 11.8 Å². The van der Waals surface area contributed by atoms with Crippen molar-refractivity contribution in [3.05, 3.63) is 94.6 Å². The molecule has 2 aliphatic rings. The number of ether oxygens (including phenoxy) is 2. The quantitative estimate of drug-likeness (QED) is 0.0874. The first-order valence-electron chi connectivity index (χ1n) is 17.6. The lowest BCUT2D eigenvalue weighted by atomic mass is 9.95. The summed E-state index contributed by atoms with van der Waals surface area (Å²) in [6.07, 6.45) is 1.18. The van der Waals surface area contributed by atoms with E-state index in [4.69, 9.17) is 42.9 Å². The summed E-state index contributed by atoms with van der Waals surface area (Å²) in [6, 6.07) is 20.9. The Labute approximate surface area is 331 Å². The number of aliphatic hydroxyl groups excluding tert-OH is 2. The molecule has 0 aromatic heterocycles. The van der Waals surface area contributed by atoms with E-state index < -0.39 is 24.6 Å². The van der Waals surface area contributed by atoms with E-state index in [-0.39, 0.29) is 69.9 Å². The number of hydrogen-bond acceptors (Lipinski definition) is 10. The smallest absolute Gasteiger partial charge is 0.351 e. The largest absolute Gasteiger partial charge is 0.482 e. The molecule has 6 rings (SSSR count). The van der Waals surface area contributed by atoms with E-state index in [1.165, 1.54) is 9.80 Å². The number of benzene rings is 4. The highest BCUT2D eigenvalue weighted by atomic mass is 35.5. The average molecular weight is 806 g/mol. The van der Waals surface area contributed by atoms with E-state index in [0.717, 1.165) is 17.2 Å². The Kier molecular flexibility index (Phi) is 12.8. The Hall–Kier alpha value is -5.64. The molecular formula is C40H38Cl2N4O10. The Morgan fingerprint density at radius 3 is 1.71 bits per heavy atom. The number of carbonyl (C=O) groups excluding carboxylic acids is 2. The van der Waals surface area contributed by atoms with Crippen LogP contribution in [0.4, 0.5) is 11.4 Å². The Balaban J connectivity index is 1.23. The number of nitrogens with one attached hydrogen (secondary N) is 2. The fourth-order valence-corrected chi connectivity index (χ4v) is 7.26. The number of hydrogen-bond donors (Lipinski definition) is 6. The van der Waals surface area contributed by atoms with Crippen molar-refractivity contribution in [1.82, 2.24) is 10.6 Å². The van der Waals surface area contributed by atoms with Crippen LogP contribution in [0.5, 0.6) is 11.5 Å². The van der Waals surface area contributed by atoms with E-state index in [1.54, 1.807) is 24.3 Å². The number of anilines is 2. The van der Waals surface area contributed by atoms with Crippen LogP contribution in [0.25, 0.3) is 33.4 Å². The monoisotopic (exact) mass is 804 g/mol. The van der Waals surface area contributed by atoms with Crippen LogP contribution in [0.2, 0.25) is 10.0 Å². The topological polar surface area (TPSA) is 198 Å². The van der Waals surface area contributed by atoms with Gasteiger partial charge in [0.15, 0.2) is 13.2 Å². The van der Waals surface area contributed by atoms with Crippen LogP contribution in [0.3, 0.4) is 0 Å². The second-order valence-corrected chi connectivity index (χ2v) is 13.5. The minimum atomic E-state index is -1.22. The molecule has 292 valence electrons. The maximum Gasteiger partial charge on any atom is 0.351 e. The number of carbonyl (C=O) groups is 4. The van der Waals surface area contributed by atoms with Crippen LogP contribution < -0.4 is 29.9 Å². The van der Waals surface area contributed by atoms with Crippen molar-refractivity contribution < 1.29 is 49.1 Å². The molecule has 6 N–H and O–H groups in total. The summed E-state index contributed by atoms with van der Waals surface area (Å²) in [5, 5.41) is 43.4. The molecular weight excluding hydrogens is 767 g/mol. The first kappa shape index (κ1) is 40.0. The van der Waals surface area contributed by atoms with Crippen LogP contribution in [0, 0.1) is 0 Å². The third-order valence-corrected chi connectivity index (χ3v) is 10.1. The Morgan fingerprint density at radius 1 is 0.750 bits per heavy atom. The maximum absolute atomic E-state index is 12.8. The van der Waals surface area contributed by atoms with Crippen molar-refractivity contribution in [2.75, 3.05) is 62.4 Å². The zero-order valence-corrected chi connectivity index (χ0v) is 31.3. The van der Waals surface area contributed by atoms with Gasteiger partial charge in [0.05, 0.1) is 28.0 Å². The van der Waals surface area contributed by atoms with Gasteiger partial charge in [-0.05, 0) is 47.9 Å². The number of aliphatic hydroxyl groups is 2. The highest BCUT2D eigenvalue weighted by Crippen LogP contribution is 2.45. The number of aliphatic carboxylic acids is 2. The first-order chi connectivity index (χ1) is 27.0. The molecule has 4 aromatic carbocycles. The third kappa shape index (κ3) is 8.59. The summed E-state index contributed by atoms with van der Waals surface area (Å²) in [6.45, 7) is -0.472. The SMILES string of the molecule is O=C(O)/C(=C\CO)NCCN1C(=O)COc2cc(-c3cccc(-c4cccc(-c5ccc6c(c5)OCC(=O)N6CCNC(CCO)C(=O)O)c4Cl)c3Cl)ccc21. The van der Waals surface area contributed by atoms with Crippen LogP contribution in [0.1, 0.15) is 6.42 Å². The van der Waals surface area contributed by atoms with Gasteiger partial charge in [0, 0.05) is 55.0 Å². The molecule has 2 amide bonds. The average Bonchev–Trinajstić information content (AvgIpc) is 3.18. The van der Waals surface area contributed by atoms with Crippen LogP contribution in [0.15, 0.2) is 84.6 Å². The molecule has 16 heteroatoms. The van der Waals surface area contributed by atoms with Crippen molar-refractivity contribution in [1.29, 1.82) is 0 Å². The second kappa shape index (κ2) is 17.9.